The molecule has 8 heteroatoms. The van der Waals surface area contributed by atoms with Crippen LogP contribution in [0.1, 0.15) is 11.5 Å². The molecule has 0 atom stereocenters. The van der Waals surface area contributed by atoms with Crippen LogP contribution in [-0.2, 0) is 19.4 Å². The van der Waals surface area contributed by atoms with Crippen molar-refractivity contribution in [1.82, 2.24) is 19.7 Å². The molecule has 2 heterocycles. The molecule has 3 rings (SSSR count). The molecule has 1 aromatic carbocycles. The molecule has 22 heavy (non-hydrogen) atoms. The number of aromatic nitrogens is 4. The fourth-order valence-corrected chi connectivity index (χ4v) is 2.80. The molecule has 0 radical (unpaired) electrons. The van der Waals surface area contributed by atoms with E-state index in [-0.39, 0.29) is 6.61 Å². The summed E-state index contributed by atoms with van der Waals surface area (Å²) in [5.74, 6) is 1.58. The van der Waals surface area contributed by atoms with Gasteiger partial charge in [-0.05, 0) is 24.3 Å². The van der Waals surface area contributed by atoms with Gasteiger partial charge in [0.05, 0.1) is 24.3 Å². The standard InChI is InChI=1S/C14H13ClN4O2S/c1-19-11(7-20)6-16-14(19)22-8-12-17-13(21-18-12)9-2-4-10(15)5-3-9/h2-6,20H,7-8H2,1H3. The van der Waals surface area contributed by atoms with Crippen molar-refractivity contribution in [2.45, 2.75) is 17.5 Å². The van der Waals surface area contributed by atoms with Crippen molar-refractivity contribution in [3.63, 3.8) is 0 Å². The molecule has 114 valence electrons. The van der Waals surface area contributed by atoms with Crippen LogP contribution in [0.5, 0.6) is 0 Å². The van der Waals surface area contributed by atoms with Crippen molar-refractivity contribution in [1.29, 1.82) is 0 Å². The third-order valence-corrected chi connectivity index (χ3v) is 4.39. The Morgan fingerprint density at radius 3 is 2.77 bits per heavy atom. The van der Waals surface area contributed by atoms with E-state index in [9.17, 15) is 0 Å². The number of halogens is 1. The number of hydrogen-bond donors (Lipinski definition) is 1. The summed E-state index contributed by atoms with van der Waals surface area (Å²) in [6.45, 7) is -0.0347. The molecule has 3 aromatic rings. The Balaban J connectivity index is 1.69. The molecular formula is C14H13ClN4O2S. The summed E-state index contributed by atoms with van der Waals surface area (Å²) < 4.78 is 7.09. The molecule has 2 aromatic heterocycles. The zero-order valence-corrected chi connectivity index (χ0v) is 13.3. The van der Waals surface area contributed by atoms with E-state index in [0.29, 0.717) is 22.5 Å². The van der Waals surface area contributed by atoms with Crippen LogP contribution in [0, 0.1) is 0 Å². The zero-order valence-electron chi connectivity index (χ0n) is 11.7. The summed E-state index contributed by atoms with van der Waals surface area (Å²) in [4.78, 5) is 8.60. The maximum atomic E-state index is 9.15. The maximum absolute atomic E-state index is 9.15. The van der Waals surface area contributed by atoms with Gasteiger partial charge < -0.3 is 14.2 Å². The van der Waals surface area contributed by atoms with Gasteiger partial charge in [0.1, 0.15) is 0 Å². The van der Waals surface area contributed by atoms with Gasteiger partial charge >= 0.3 is 0 Å². The topological polar surface area (TPSA) is 77.0 Å². The second-order valence-corrected chi connectivity index (χ2v) is 5.94. The molecule has 0 saturated heterocycles. The number of imidazole rings is 1. The number of hydrogen-bond acceptors (Lipinski definition) is 6. The minimum atomic E-state index is -0.0347. The molecule has 0 amide bonds. The van der Waals surface area contributed by atoms with Gasteiger partial charge in [-0.15, -0.1) is 0 Å². The average Bonchev–Trinajstić information content (AvgIpc) is 3.13. The molecule has 0 unspecified atom stereocenters. The molecule has 1 N–H and O–H groups in total. The van der Waals surface area contributed by atoms with Crippen LogP contribution in [0.4, 0.5) is 0 Å². The Morgan fingerprint density at radius 2 is 2.09 bits per heavy atom. The summed E-state index contributed by atoms with van der Waals surface area (Å²) in [7, 11) is 1.86. The van der Waals surface area contributed by atoms with Crippen molar-refractivity contribution < 1.29 is 9.63 Å². The SMILES string of the molecule is Cn1c(CO)cnc1SCc1noc(-c2ccc(Cl)cc2)n1. The number of benzene rings is 1. The summed E-state index contributed by atoms with van der Waals surface area (Å²) in [5, 5.41) is 14.6. The van der Waals surface area contributed by atoms with Crippen molar-refractivity contribution >= 4 is 23.4 Å². The molecule has 0 fully saturated rings. The highest BCUT2D eigenvalue weighted by atomic mass is 35.5. The molecule has 0 spiro atoms. The van der Waals surface area contributed by atoms with E-state index >= 15 is 0 Å². The van der Waals surface area contributed by atoms with Gasteiger partial charge in [-0.25, -0.2) is 4.98 Å². The zero-order chi connectivity index (χ0) is 15.5. The lowest BCUT2D eigenvalue weighted by Crippen LogP contribution is -1.97. The van der Waals surface area contributed by atoms with Gasteiger partial charge in [0, 0.05) is 17.6 Å². The predicted octanol–water partition coefficient (Wildman–Crippen LogP) is 2.91. The molecule has 0 aliphatic heterocycles. The number of aliphatic hydroxyl groups excluding tert-OH is 1. The fourth-order valence-electron chi connectivity index (χ4n) is 1.86. The highest BCUT2D eigenvalue weighted by Gasteiger charge is 2.11. The quantitative estimate of drug-likeness (QED) is 0.722. The highest BCUT2D eigenvalue weighted by molar-refractivity contribution is 7.98. The van der Waals surface area contributed by atoms with Crippen LogP contribution in [0.15, 0.2) is 40.1 Å². The summed E-state index contributed by atoms with van der Waals surface area (Å²) in [6, 6.07) is 7.22. The van der Waals surface area contributed by atoms with Crippen molar-refractivity contribution in [3.05, 3.63) is 47.0 Å². The Kier molecular flexibility index (Phi) is 4.47. The normalized spacial score (nSPS) is 11.0. The number of thioether (sulfide) groups is 1. The number of aliphatic hydroxyl groups is 1. The lowest BCUT2D eigenvalue weighted by molar-refractivity contribution is 0.271. The Hall–Kier alpha value is -1.83. The summed E-state index contributed by atoms with van der Waals surface area (Å²) >= 11 is 7.34. The van der Waals surface area contributed by atoms with Crippen molar-refractivity contribution in [2.75, 3.05) is 0 Å². The van der Waals surface area contributed by atoms with E-state index in [1.165, 1.54) is 11.8 Å². The Labute approximate surface area is 136 Å². The van der Waals surface area contributed by atoms with E-state index in [1.54, 1.807) is 18.3 Å². The van der Waals surface area contributed by atoms with Gasteiger partial charge in [0.25, 0.3) is 5.89 Å². The first-order valence-electron chi connectivity index (χ1n) is 6.50. The molecule has 0 bridgehead atoms. The van der Waals surface area contributed by atoms with Crippen LogP contribution in [0.3, 0.4) is 0 Å². The van der Waals surface area contributed by atoms with Crippen molar-refractivity contribution in [3.8, 4) is 11.5 Å². The van der Waals surface area contributed by atoms with Crippen LogP contribution in [0.2, 0.25) is 5.02 Å². The maximum Gasteiger partial charge on any atom is 0.257 e. The van der Waals surface area contributed by atoms with Gasteiger partial charge in [-0.3, -0.25) is 0 Å². The highest BCUT2D eigenvalue weighted by Crippen LogP contribution is 2.24. The van der Waals surface area contributed by atoms with E-state index in [0.717, 1.165) is 16.4 Å². The molecule has 0 aliphatic carbocycles. The lowest BCUT2D eigenvalue weighted by Gasteiger charge is -2.01. The van der Waals surface area contributed by atoms with Crippen LogP contribution in [-0.4, -0.2) is 24.8 Å². The summed E-state index contributed by atoms with van der Waals surface area (Å²) in [5.41, 5.74) is 1.59. The third kappa shape index (κ3) is 3.16. The predicted molar refractivity (Wildman–Crippen MR) is 83.4 cm³/mol. The van der Waals surface area contributed by atoms with Gasteiger partial charge in [-0.1, -0.05) is 28.5 Å². The van der Waals surface area contributed by atoms with E-state index in [4.69, 9.17) is 21.2 Å². The minimum absolute atomic E-state index is 0.0347. The minimum Gasteiger partial charge on any atom is -0.390 e. The second kappa shape index (κ2) is 6.51. The Morgan fingerprint density at radius 1 is 1.32 bits per heavy atom. The van der Waals surface area contributed by atoms with Gasteiger partial charge in [0.2, 0.25) is 0 Å². The second-order valence-electron chi connectivity index (χ2n) is 4.56. The Bertz CT molecular complexity index is 770. The first-order valence-corrected chi connectivity index (χ1v) is 7.86. The smallest absolute Gasteiger partial charge is 0.257 e. The first-order chi connectivity index (χ1) is 10.7. The fraction of sp³-hybridized carbons (Fsp3) is 0.214. The van der Waals surface area contributed by atoms with Crippen LogP contribution >= 0.6 is 23.4 Å². The number of nitrogens with zero attached hydrogens (tertiary/aromatic N) is 4. The molecule has 6 nitrogen and oxygen atoms in total. The lowest BCUT2D eigenvalue weighted by atomic mass is 10.2. The summed E-state index contributed by atoms with van der Waals surface area (Å²) in [6.07, 6.45) is 1.65. The van der Waals surface area contributed by atoms with Gasteiger partial charge in [-0.2, -0.15) is 4.98 Å². The molecular weight excluding hydrogens is 324 g/mol. The monoisotopic (exact) mass is 336 g/mol. The van der Waals surface area contributed by atoms with E-state index < -0.39 is 0 Å². The molecule has 0 aliphatic rings. The van der Waals surface area contributed by atoms with Crippen LogP contribution < -0.4 is 0 Å². The largest absolute Gasteiger partial charge is 0.390 e. The van der Waals surface area contributed by atoms with Gasteiger partial charge in [0.15, 0.2) is 11.0 Å². The average molecular weight is 337 g/mol. The van der Waals surface area contributed by atoms with Crippen LogP contribution in [0.25, 0.3) is 11.5 Å². The molecule has 0 saturated carbocycles. The first kappa shape index (κ1) is 15.1. The number of rotatable bonds is 5. The van der Waals surface area contributed by atoms with E-state index in [1.807, 2.05) is 23.7 Å². The van der Waals surface area contributed by atoms with E-state index in [2.05, 4.69) is 15.1 Å². The third-order valence-electron chi connectivity index (χ3n) is 3.09. The van der Waals surface area contributed by atoms with Crippen molar-refractivity contribution in [2.24, 2.45) is 7.05 Å².